The third-order valence-electron chi connectivity index (χ3n) is 3.26. The molecule has 0 bridgehead atoms. The highest BCUT2D eigenvalue weighted by molar-refractivity contribution is 5.27. The first-order chi connectivity index (χ1) is 9.19. The van der Waals surface area contributed by atoms with Crippen LogP contribution < -0.4 is 10.1 Å². The zero-order valence-electron chi connectivity index (χ0n) is 11.8. The van der Waals surface area contributed by atoms with Crippen molar-refractivity contribution in [2.24, 2.45) is 7.05 Å². The molecule has 0 radical (unpaired) electrons. The van der Waals surface area contributed by atoms with Crippen LogP contribution in [0.25, 0.3) is 0 Å². The first-order valence-electron chi connectivity index (χ1n) is 6.53. The van der Waals surface area contributed by atoms with Crippen molar-refractivity contribution in [2.75, 3.05) is 7.05 Å². The van der Waals surface area contributed by atoms with Crippen molar-refractivity contribution < 1.29 is 4.74 Å². The van der Waals surface area contributed by atoms with Crippen LogP contribution in [0.2, 0.25) is 0 Å². The summed E-state index contributed by atoms with van der Waals surface area (Å²) in [6.07, 6.45) is 4.63. The molecule has 1 heterocycles. The second-order valence-electron chi connectivity index (χ2n) is 4.82. The molecule has 0 aliphatic rings. The minimum atomic E-state index is 0.487. The molecule has 2 aromatic rings. The second kappa shape index (κ2) is 6.38. The summed E-state index contributed by atoms with van der Waals surface area (Å²) in [7, 11) is 3.95. The standard InChI is InChI=1S/C15H21N3O/c1-12(16-2)8-13-4-6-15(7-5-13)19-10-14-9-17-11-18(14)3/h4-7,9,11-12,16H,8,10H2,1-3H3. The third-order valence-corrected chi connectivity index (χ3v) is 3.26. The molecule has 0 saturated carbocycles. The number of rotatable bonds is 6. The van der Waals surface area contributed by atoms with Gasteiger partial charge in [0, 0.05) is 13.1 Å². The van der Waals surface area contributed by atoms with Crippen LogP contribution in [0.15, 0.2) is 36.8 Å². The van der Waals surface area contributed by atoms with Crippen LogP contribution in [0.1, 0.15) is 18.2 Å². The third kappa shape index (κ3) is 3.83. The first-order valence-corrected chi connectivity index (χ1v) is 6.53. The van der Waals surface area contributed by atoms with E-state index >= 15 is 0 Å². The van der Waals surface area contributed by atoms with Gasteiger partial charge in [-0.1, -0.05) is 12.1 Å². The van der Waals surface area contributed by atoms with Crippen LogP contribution in [0.3, 0.4) is 0 Å². The molecule has 4 nitrogen and oxygen atoms in total. The largest absolute Gasteiger partial charge is 0.487 e. The van der Waals surface area contributed by atoms with E-state index in [4.69, 9.17) is 4.74 Å². The Balaban J connectivity index is 1.90. The molecule has 0 spiro atoms. The van der Waals surface area contributed by atoms with E-state index in [1.54, 1.807) is 6.33 Å². The van der Waals surface area contributed by atoms with E-state index in [2.05, 4.69) is 29.4 Å². The summed E-state index contributed by atoms with van der Waals surface area (Å²) in [4.78, 5) is 4.07. The van der Waals surface area contributed by atoms with Crippen molar-refractivity contribution in [1.29, 1.82) is 0 Å². The van der Waals surface area contributed by atoms with Gasteiger partial charge in [-0.25, -0.2) is 4.98 Å². The number of aromatic nitrogens is 2. The molecule has 2 rings (SSSR count). The highest BCUT2D eigenvalue weighted by atomic mass is 16.5. The van der Waals surface area contributed by atoms with Crippen LogP contribution in [-0.2, 0) is 20.1 Å². The fourth-order valence-corrected chi connectivity index (χ4v) is 1.86. The number of aryl methyl sites for hydroxylation is 1. The Hall–Kier alpha value is -1.81. The van der Waals surface area contributed by atoms with Crippen LogP contribution in [0, 0.1) is 0 Å². The fourth-order valence-electron chi connectivity index (χ4n) is 1.86. The summed E-state index contributed by atoms with van der Waals surface area (Å²) >= 11 is 0. The van der Waals surface area contributed by atoms with Gasteiger partial charge in [0.05, 0.1) is 18.2 Å². The maximum absolute atomic E-state index is 5.74. The van der Waals surface area contributed by atoms with Crippen LogP contribution >= 0.6 is 0 Å². The molecule has 4 heteroatoms. The van der Waals surface area contributed by atoms with Crippen molar-refractivity contribution in [3.63, 3.8) is 0 Å². The lowest BCUT2D eigenvalue weighted by molar-refractivity contribution is 0.297. The Morgan fingerprint density at radius 1 is 1.32 bits per heavy atom. The average Bonchev–Trinajstić information content (AvgIpc) is 2.83. The zero-order chi connectivity index (χ0) is 13.7. The molecule has 0 fully saturated rings. The van der Waals surface area contributed by atoms with Gasteiger partial charge >= 0.3 is 0 Å². The number of benzene rings is 1. The van der Waals surface area contributed by atoms with Crippen LogP contribution in [0.5, 0.6) is 5.75 Å². The lowest BCUT2D eigenvalue weighted by Gasteiger charge is -2.11. The number of hydrogen-bond acceptors (Lipinski definition) is 3. The molecule has 102 valence electrons. The molecule has 0 amide bonds. The second-order valence-corrected chi connectivity index (χ2v) is 4.82. The van der Waals surface area contributed by atoms with E-state index in [0.29, 0.717) is 12.6 Å². The lowest BCUT2D eigenvalue weighted by Crippen LogP contribution is -2.23. The fraction of sp³-hybridized carbons (Fsp3) is 0.400. The summed E-state index contributed by atoms with van der Waals surface area (Å²) in [6, 6.07) is 8.77. The number of nitrogens with zero attached hydrogens (tertiary/aromatic N) is 2. The normalized spacial score (nSPS) is 12.4. The Kier molecular flexibility index (Phi) is 4.58. The summed E-state index contributed by atoms with van der Waals surface area (Å²) in [5.74, 6) is 0.891. The molecular formula is C15H21N3O. The SMILES string of the molecule is CNC(C)Cc1ccc(OCc2cncn2C)cc1. The summed E-state index contributed by atoms with van der Waals surface area (Å²) in [5, 5.41) is 3.24. The number of imidazole rings is 1. The Morgan fingerprint density at radius 2 is 2.05 bits per heavy atom. The highest BCUT2D eigenvalue weighted by Crippen LogP contribution is 2.15. The van der Waals surface area contributed by atoms with E-state index in [1.807, 2.05) is 37.0 Å². The molecule has 1 N–H and O–H groups in total. The van der Waals surface area contributed by atoms with Crippen molar-refractivity contribution in [3.05, 3.63) is 48.0 Å². The highest BCUT2D eigenvalue weighted by Gasteiger charge is 2.02. The van der Waals surface area contributed by atoms with Gasteiger partial charge in [0.15, 0.2) is 0 Å². The molecule has 0 saturated heterocycles. The number of ether oxygens (including phenoxy) is 1. The minimum absolute atomic E-state index is 0.487. The maximum Gasteiger partial charge on any atom is 0.130 e. The van der Waals surface area contributed by atoms with Gasteiger partial charge in [0.2, 0.25) is 0 Å². The summed E-state index contributed by atoms with van der Waals surface area (Å²) in [6.45, 7) is 2.72. The average molecular weight is 259 g/mol. The first kappa shape index (κ1) is 13.6. The Labute approximate surface area is 114 Å². The predicted molar refractivity (Wildman–Crippen MR) is 76.2 cm³/mol. The lowest BCUT2D eigenvalue weighted by atomic mass is 10.1. The molecule has 0 aliphatic heterocycles. The quantitative estimate of drug-likeness (QED) is 0.864. The minimum Gasteiger partial charge on any atom is -0.487 e. The van der Waals surface area contributed by atoms with Gasteiger partial charge in [-0.3, -0.25) is 0 Å². The van der Waals surface area contributed by atoms with E-state index < -0.39 is 0 Å². The Bertz CT molecular complexity index is 504. The topological polar surface area (TPSA) is 39.1 Å². The molecule has 1 aromatic carbocycles. The predicted octanol–water partition coefficient (Wildman–Crippen LogP) is 2.15. The molecular weight excluding hydrogens is 238 g/mol. The number of hydrogen-bond donors (Lipinski definition) is 1. The number of nitrogens with one attached hydrogen (secondary N) is 1. The summed E-state index contributed by atoms with van der Waals surface area (Å²) < 4.78 is 7.70. The molecule has 0 aliphatic carbocycles. The van der Waals surface area contributed by atoms with E-state index in [-0.39, 0.29) is 0 Å². The number of likely N-dealkylation sites (N-methyl/N-ethyl adjacent to an activating group) is 1. The van der Waals surface area contributed by atoms with Gasteiger partial charge in [-0.2, -0.15) is 0 Å². The molecule has 1 aromatic heterocycles. The smallest absolute Gasteiger partial charge is 0.130 e. The van der Waals surface area contributed by atoms with Gasteiger partial charge < -0.3 is 14.6 Å². The van der Waals surface area contributed by atoms with Gasteiger partial charge in [0.1, 0.15) is 12.4 Å². The van der Waals surface area contributed by atoms with Crippen molar-refractivity contribution in [3.8, 4) is 5.75 Å². The van der Waals surface area contributed by atoms with Gasteiger partial charge in [-0.05, 0) is 38.1 Å². The molecule has 1 unspecified atom stereocenters. The monoisotopic (exact) mass is 259 g/mol. The van der Waals surface area contributed by atoms with Crippen molar-refractivity contribution in [2.45, 2.75) is 26.0 Å². The summed E-state index contributed by atoms with van der Waals surface area (Å²) in [5.41, 5.74) is 2.38. The van der Waals surface area contributed by atoms with Gasteiger partial charge in [0.25, 0.3) is 0 Å². The molecule has 1 atom stereocenters. The Morgan fingerprint density at radius 3 is 2.63 bits per heavy atom. The van der Waals surface area contributed by atoms with Crippen LogP contribution in [0.4, 0.5) is 0 Å². The van der Waals surface area contributed by atoms with Crippen LogP contribution in [-0.4, -0.2) is 22.6 Å². The van der Waals surface area contributed by atoms with Crippen molar-refractivity contribution in [1.82, 2.24) is 14.9 Å². The molecule has 19 heavy (non-hydrogen) atoms. The van der Waals surface area contributed by atoms with E-state index in [0.717, 1.165) is 17.9 Å². The van der Waals surface area contributed by atoms with Crippen molar-refractivity contribution >= 4 is 0 Å². The maximum atomic E-state index is 5.74. The van der Waals surface area contributed by atoms with Gasteiger partial charge in [-0.15, -0.1) is 0 Å². The zero-order valence-corrected chi connectivity index (χ0v) is 11.8. The van der Waals surface area contributed by atoms with E-state index in [1.165, 1.54) is 5.56 Å². The van der Waals surface area contributed by atoms with E-state index in [9.17, 15) is 0 Å².